The number of benzene rings is 2. The molecule has 2 aromatic carbocycles. The van der Waals surface area contributed by atoms with Crippen molar-refractivity contribution in [2.24, 2.45) is 0 Å². The molecule has 1 saturated carbocycles. The molecule has 138 valence electrons. The van der Waals surface area contributed by atoms with Gasteiger partial charge in [-0.15, -0.1) is 0 Å². The number of hydrogen-bond acceptors (Lipinski definition) is 4. The molecule has 0 radical (unpaired) electrons. The summed E-state index contributed by atoms with van der Waals surface area (Å²) < 4.78 is 25.1. The van der Waals surface area contributed by atoms with Gasteiger partial charge in [0.2, 0.25) is 0 Å². The number of rotatable bonds is 6. The van der Waals surface area contributed by atoms with Gasteiger partial charge >= 0.3 is 0 Å². The highest BCUT2D eigenvalue weighted by atomic mass is 19.1. The van der Waals surface area contributed by atoms with E-state index in [0.717, 1.165) is 37.2 Å². The first-order valence-electron chi connectivity index (χ1n) is 9.21. The average Bonchev–Trinajstić information content (AvgIpc) is 3.48. The number of halogens is 1. The first kappa shape index (κ1) is 17.3. The molecule has 0 aromatic heterocycles. The zero-order valence-electron chi connectivity index (χ0n) is 15.1. The highest BCUT2D eigenvalue weighted by Crippen LogP contribution is 2.46. The van der Waals surface area contributed by atoms with Gasteiger partial charge in [-0.05, 0) is 48.2 Å². The lowest BCUT2D eigenvalue weighted by Gasteiger charge is -2.29. The Morgan fingerprint density at radius 2 is 1.85 bits per heavy atom. The van der Waals surface area contributed by atoms with Gasteiger partial charge in [0.15, 0.2) is 0 Å². The van der Waals surface area contributed by atoms with Crippen LogP contribution in [0.3, 0.4) is 0 Å². The molecule has 4 rings (SSSR count). The third-order valence-corrected chi connectivity index (χ3v) is 5.39. The number of nitrogens with zero attached hydrogens (tertiary/aromatic N) is 1. The number of ether oxygens (including phenoxy) is 2. The Balaban J connectivity index is 1.42. The minimum absolute atomic E-state index is 0.0195. The fraction of sp³-hybridized carbons (Fsp3) is 0.429. The minimum Gasteiger partial charge on any atom is -0.497 e. The lowest BCUT2D eigenvalue weighted by atomic mass is 10.0. The topological polar surface area (TPSA) is 33.7 Å². The third kappa shape index (κ3) is 3.55. The predicted octanol–water partition coefficient (Wildman–Crippen LogP) is 3.45. The van der Waals surface area contributed by atoms with Crippen LogP contribution in [-0.4, -0.2) is 33.4 Å². The summed E-state index contributed by atoms with van der Waals surface area (Å²) in [5, 5.41) is 3.63. The van der Waals surface area contributed by atoms with Gasteiger partial charge in [0.25, 0.3) is 0 Å². The molecule has 1 heterocycles. The molecule has 1 N–H and O–H groups in total. The van der Waals surface area contributed by atoms with Crippen molar-refractivity contribution < 1.29 is 13.9 Å². The Bertz CT molecular complexity index is 753. The van der Waals surface area contributed by atoms with E-state index in [9.17, 15) is 4.39 Å². The molecule has 0 atom stereocenters. The van der Waals surface area contributed by atoms with Crippen molar-refractivity contribution in [3.63, 3.8) is 0 Å². The molecular formula is C21H25FN2O2. The van der Waals surface area contributed by atoms with Gasteiger partial charge in [-0.1, -0.05) is 18.2 Å². The highest BCUT2D eigenvalue weighted by molar-refractivity contribution is 5.49. The molecule has 4 nitrogen and oxygen atoms in total. The lowest BCUT2D eigenvalue weighted by molar-refractivity contribution is 0.122. The third-order valence-electron chi connectivity index (χ3n) is 5.39. The number of nitrogens with one attached hydrogen (secondary N) is 1. The Morgan fingerprint density at radius 1 is 1.12 bits per heavy atom. The molecule has 2 aromatic rings. The van der Waals surface area contributed by atoms with Crippen molar-refractivity contribution >= 4 is 5.69 Å². The summed E-state index contributed by atoms with van der Waals surface area (Å²) in [6, 6.07) is 13.8. The molecule has 2 fully saturated rings. The molecule has 0 unspecified atom stereocenters. The van der Waals surface area contributed by atoms with Crippen LogP contribution in [0.25, 0.3) is 0 Å². The summed E-state index contributed by atoms with van der Waals surface area (Å²) >= 11 is 0. The molecule has 5 heteroatoms. The zero-order chi connectivity index (χ0) is 18.0. The van der Waals surface area contributed by atoms with E-state index in [0.29, 0.717) is 25.4 Å². The Kier molecular flexibility index (Phi) is 4.83. The van der Waals surface area contributed by atoms with Gasteiger partial charge in [0.05, 0.1) is 26.0 Å². The maximum atomic E-state index is 14.6. The van der Waals surface area contributed by atoms with Gasteiger partial charge in [-0.2, -0.15) is 0 Å². The van der Waals surface area contributed by atoms with Crippen LogP contribution >= 0.6 is 0 Å². The molecule has 1 aliphatic carbocycles. The Hall–Kier alpha value is -2.11. The first-order valence-corrected chi connectivity index (χ1v) is 9.21. The predicted molar refractivity (Wildman–Crippen MR) is 100 cm³/mol. The van der Waals surface area contributed by atoms with Gasteiger partial charge in [0, 0.05) is 25.2 Å². The quantitative estimate of drug-likeness (QED) is 0.860. The average molecular weight is 356 g/mol. The lowest BCUT2D eigenvalue weighted by Crippen LogP contribution is -2.36. The highest BCUT2D eigenvalue weighted by Gasteiger charge is 2.43. The van der Waals surface area contributed by atoms with E-state index in [-0.39, 0.29) is 11.4 Å². The fourth-order valence-electron chi connectivity index (χ4n) is 3.59. The summed E-state index contributed by atoms with van der Waals surface area (Å²) in [6.45, 7) is 3.47. The molecule has 0 amide bonds. The summed E-state index contributed by atoms with van der Waals surface area (Å²) in [4.78, 5) is 2.05. The van der Waals surface area contributed by atoms with Crippen LogP contribution in [0.5, 0.6) is 5.75 Å². The maximum absolute atomic E-state index is 14.6. The van der Waals surface area contributed by atoms with Gasteiger partial charge in [-0.25, -0.2) is 4.39 Å². The van der Waals surface area contributed by atoms with E-state index < -0.39 is 0 Å². The molecular weight excluding hydrogens is 331 g/mol. The molecule has 2 aliphatic rings. The van der Waals surface area contributed by atoms with Crippen molar-refractivity contribution in [2.45, 2.75) is 24.9 Å². The molecule has 1 aliphatic heterocycles. The van der Waals surface area contributed by atoms with Crippen molar-refractivity contribution in [1.29, 1.82) is 0 Å². The molecule has 26 heavy (non-hydrogen) atoms. The van der Waals surface area contributed by atoms with Crippen LogP contribution in [-0.2, 0) is 16.8 Å². The van der Waals surface area contributed by atoms with Gasteiger partial charge in [0.1, 0.15) is 11.6 Å². The van der Waals surface area contributed by atoms with Crippen LogP contribution < -0.4 is 15.0 Å². The van der Waals surface area contributed by atoms with Crippen LogP contribution in [0.2, 0.25) is 0 Å². The normalized spacial score (nSPS) is 18.6. The first-order chi connectivity index (χ1) is 12.7. The van der Waals surface area contributed by atoms with Gasteiger partial charge < -0.3 is 19.7 Å². The second kappa shape index (κ2) is 7.25. The van der Waals surface area contributed by atoms with E-state index in [4.69, 9.17) is 9.47 Å². The summed E-state index contributed by atoms with van der Waals surface area (Å²) in [6.07, 6.45) is 2.21. The second-order valence-electron chi connectivity index (χ2n) is 7.05. The fourth-order valence-corrected chi connectivity index (χ4v) is 3.59. The molecule has 0 spiro atoms. The van der Waals surface area contributed by atoms with Crippen LogP contribution in [0.15, 0.2) is 42.5 Å². The van der Waals surface area contributed by atoms with Crippen LogP contribution in [0.1, 0.15) is 24.0 Å². The Morgan fingerprint density at radius 3 is 2.46 bits per heavy atom. The van der Waals surface area contributed by atoms with Crippen molar-refractivity contribution in [1.82, 2.24) is 5.32 Å². The smallest absolute Gasteiger partial charge is 0.146 e. The van der Waals surface area contributed by atoms with Gasteiger partial charge in [-0.3, -0.25) is 0 Å². The van der Waals surface area contributed by atoms with E-state index in [1.807, 2.05) is 24.3 Å². The van der Waals surface area contributed by atoms with E-state index in [2.05, 4.69) is 22.3 Å². The number of hydrogen-bond donors (Lipinski definition) is 1. The summed E-state index contributed by atoms with van der Waals surface area (Å²) in [5.41, 5.74) is 2.93. The minimum atomic E-state index is -0.152. The maximum Gasteiger partial charge on any atom is 0.146 e. The zero-order valence-corrected chi connectivity index (χ0v) is 15.1. The number of methoxy groups -OCH3 is 1. The van der Waals surface area contributed by atoms with Crippen LogP contribution in [0, 0.1) is 5.82 Å². The molecule has 1 saturated heterocycles. The Labute approximate surface area is 153 Å². The largest absolute Gasteiger partial charge is 0.497 e. The van der Waals surface area contributed by atoms with Crippen molar-refractivity contribution in [2.75, 3.05) is 38.3 Å². The van der Waals surface area contributed by atoms with Crippen LogP contribution in [0.4, 0.5) is 10.1 Å². The molecule has 0 bridgehead atoms. The van der Waals surface area contributed by atoms with E-state index in [1.54, 1.807) is 13.2 Å². The van der Waals surface area contributed by atoms with E-state index >= 15 is 0 Å². The van der Waals surface area contributed by atoms with Crippen molar-refractivity contribution in [3.8, 4) is 5.75 Å². The van der Waals surface area contributed by atoms with Crippen molar-refractivity contribution in [3.05, 3.63) is 59.4 Å². The number of morpholine rings is 1. The van der Waals surface area contributed by atoms with E-state index in [1.165, 1.54) is 5.56 Å². The number of anilines is 1. The second-order valence-corrected chi connectivity index (χ2v) is 7.05. The SMILES string of the molecule is COc1ccc(C2(NCc3ccc(N4CCOCC4)c(F)c3)CC2)cc1. The standard InChI is InChI=1S/C21H25FN2O2/c1-25-18-5-3-17(4-6-18)21(8-9-21)23-15-16-2-7-20(19(22)14-16)24-10-12-26-13-11-24/h2-7,14,23H,8-13,15H2,1H3. The monoisotopic (exact) mass is 356 g/mol. The summed E-state index contributed by atoms with van der Waals surface area (Å²) in [5.74, 6) is 0.714. The summed E-state index contributed by atoms with van der Waals surface area (Å²) in [7, 11) is 1.68.